The average molecular weight is 307 g/mol. The Labute approximate surface area is 136 Å². The summed E-state index contributed by atoms with van der Waals surface area (Å²) < 4.78 is 2.15. The van der Waals surface area contributed by atoms with Crippen LogP contribution in [0.2, 0.25) is 0 Å². The van der Waals surface area contributed by atoms with Crippen LogP contribution in [-0.2, 0) is 13.0 Å². The monoisotopic (exact) mass is 307 g/mol. The van der Waals surface area contributed by atoms with Crippen molar-refractivity contribution in [1.29, 1.82) is 0 Å². The number of phenols is 1. The van der Waals surface area contributed by atoms with Gasteiger partial charge in [-0.1, -0.05) is 24.3 Å². The van der Waals surface area contributed by atoms with Crippen LogP contribution in [0, 0.1) is 0 Å². The maximum Gasteiger partial charge on any atom is 0.115 e. The quantitative estimate of drug-likeness (QED) is 0.786. The lowest BCUT2D eigenvalue weighted by molar-refractivity contribution is 0.475. The molecule has 1 N–H and O–H groups in total. The van der Waals surface area contributed by atoms with Gasteiger partial charge in [-0.25, -0.2) is 4.98 Å². The number of imidazole rings is 1. The van der Waals surface area contributed by atoms with Gasteiger partial charge < -0.3 is 14.6 Å². The van der Waals surface area contributed by atoms with Crippen molar-refractivity contribution >= 4 is 5.69 Å². The minimum absolute atomic E-state index is 0.292. The van der Waals surface area contributed by atoms with Crippen molar-refractivity contribution in [2.24, 2.45) is 0 Å². The molecule has 2 aromatic carbocycles. The van der Waals surface area contributed by atoms with Gasteiger partial charge in [-0.3, -0.25) is 0 Å². The molecule has 4 heteroatoms. The highest BCUT2D eigenvalue weighted by Gasteiger charge is 2.06. The molecule has 0 fully saturated rings. The van der Waals surface area contributed by atoms with Crippen molar-refractivity contribution in [3.63, 3.8) is 0 Å². The molecule has 0 radical (unpaired) electrons. The highest BCUT2D eigenvalue weighted by Crippen LogP contribution is 2.16. The molecule has 4 nitrogen and oxygen atoms in total. The van der Waals surface area contributed by atoms with E-state index in [4.69, 9.17) is 0 Å². The first-order valence-electron chi connectivity index (χ1n) is 7.66. The maximum absolute atomic E-state index is 9.37. The van der Waals surface area contributed by atoms with Crippen LogP contribution < -0.4 is 4.90 Å². The van der Waals surface area contributed by atoms with Gasteiger partial charge in [0.1, 0.15) is 11.6 Å². The minimum Gasteiger partial charge on any atom is -0.508 e. The SMILES string of the molecule is CN(C)c1ccc(Cc2nccn2Cc2ccc(O)cc2)cc1. The highest BCUT2D eigenvalue weighted by atomic mass is 16.3. The molecule has 3 aromatic rings. The minimum atomic E-state index is 0.292. The highest BCUT2D eigenvalue weighted by molar-refractivity contribution is 5.46. The van der Waals surface area contributed by atoms with E-state index in [1.165, 1.54) is 11.3 Å². The van der Waals surface area contributed by atoms with Crippen molar-refractivity contribution in [2.75, 3.05) is 19.0 Å². The largest absolute Gasteiger partial charge is 0.508 e. The topological polar surface area (TPSA) is 41.3 Å². The Balaban J connectivity index is 1.74. The summed E-state index contributed by atoms with van der Waals surface area (Å²) in [6, 6.07) is 15.8. The molecule has 118 valence electrons. The summed E-state index contributed by atoms with van der Waals surface area (Å²) in [5.74, 6) is 1.33. The van der Waals surface area contributed by atoms with Gasteiger partial charge in [0.05, 0.1) is 0 Å². The first kappa shape index (κ1) is 15.2. The van der Waals surface area contributed by atoms with Crippen molar-refractivity contribution in [3.8, 4) is 5.75 Å². The van der Waals surface area contributed by atoms with Crippen LogP contribution in [0.25, 0.3) is 0 Å². The predicted molar refractivity (Wildman–Crippen MR) is 93.0 cm³/mol. The Hall–Kier alpha value is -2.75. The second kappa shape index (κ2) is 6.57. The predicted octanol–water partition coefficient (Wildman–Crippen LogP) is 3.29. The number of anilines is 1. The van der Waals surface area contributed by atoms with Gasteiger partial charge in [0, 0.05) is 45.1 Å². The maximum atomic E-state index is 9.37. The summed E-state index contributed by atoms with van der Waals surface area (Å²) in [5, 5.41) is 9.37. The first-order chi connectivity index (χ1) is 11.1. The fourth-order valence-electron chi connectivity index (χ4n) is 2.54. The van der Waals surface area contributed by atoms with Crippen LogP contribution in [0.5, 0.6) is 5.75 Å². The standard InChI is InChI=1S/C19H21N3O/c1-21(2)17-7-3-15(4-8-17)13-19-20-11-12-22(19)14-16-5-9-18(23)10-6-16/h3-12,23H,13-14H2,1-2H3. The molecule has 0 aliphatic heterocycles. The average Bonchev–Trinajstić information content (AvgIpc) is 2.97. The summed E-state index contributed by atoms with van der Waals surface area (Å²) in [4.78, 5) is 6.58. The molecular formula is C19H21N3O. The molecule has 0 saturated carbocycles. The van der Waals surface area contributed by atoms with Crippen molar-refractivity contribution < 1.29 is 5.11 Å². The summed E-state index contributed by atoms with van der Waals surface area (Å²) >= 11 is 0. The van der Waals surface area contributed by atoms with Gasteiger partial charge >= 0.3 is 0 Å². The fraction of sp³-hybridized carbons (Fsp3) is 0.211. The Morgan fingerprint density at radius 2 is 1.61 bits per heavy atom. The number of hydrogen-bond acceptors (Lipinski definition) is 3. The van der Waals surface area contributed by atoms with Crippen molar-refractivity contribution in [2.45, 2.75) is 13.0 Å². The second-order valence-corrected chi connectivity index (χ2v) is 5.88. The Bertz CT molecular complexity index is 758. The number of phenolic OH excluding ortho intramolecular Hbond substituents is 1. The number of rotatable bonds is 5. The van der Waals surface area contributed by atoms with E-state index in [9.17, 15) is 5.11 Å². The molecule has 0 amide bonds. The third-order valence-corrected chi connectivity index (χ3v) is 3.91. The van der Waals surface area contributed by atoms with Crippen molar-refractivity contribution in [1.82, 2.24) is 9.55 Å². The molecule has 1 aromatic heterocycles. The molecule has 0 saturated heterocycles. The number of hydrogen-bond donors (Lipinski definition) is 1. The number of benzene rings is 2. The van der Waals surface area contributed by atoms with E-state index in [1.54, 1.807) is 12.1 Å². The van der Waals surface area contributed by atoms with Crippen LogP contribution >= 0.6 is 0 Å². The van der Waals surface area contributed by atoms with Crippen LogP contribution in [0.3, 0.4) is 0 Å². The van der Waals surface area contributed by atoms with E-state index in [0.717, 1.165) is 24.4 Å². The van der Waals surface area contributed by atoms with E-state index in [1.807, 2.05) is 38.6 Å². The molecule has 3 rings (SSSR count). The van der Waals surface area contributed by atoms with Gasteiger partial charge in [-0.2, -0.15) is 0 Å². The van der Waals surface area contributed by atoms with Gasteiger partial charge in [0.2, 0.25) is 0 Å². The van der Waals surface area contributed by atoms with E-state index in [-0.39, 0.29) is 0 Å². The number of nitrogens with zero attached hydrogens (tertiary/aromatic N) is 3. The zero-order valence-corrected chi connectivity index (χ0v) is 13.5. The molecule has 23 heavy (non-hydrogen) atoms. The number of aromatic hydroxyl groups is 1. The summed E-state index contributed by atoms with van der Waals surface area (Å²) in [5.41, 5.74) is 3.58. The van der Waals surface area contributed by atoms with Crippen LogP contribution in [0.4, 0.5) is 5.69 Å². The van der Waals surface area contributed by atoms with Crippen LogP contribution in [0.1, 0.15) is 17.0 Å². The summed E-state index contributed by atoms with van der Waals surface area (Å²) in [6.45, 7) is 0.755. The molecule has 0 aliphatic rings. The Morgan fingerprint density at radius 3 is 2.26 bits per heavy atom. The van der Waals surface area contributed by atoms with Gasteiger partial charge in [0.15, 0.2) is 0 Å². The lowest BCUT2D eigenvalue weighted by atomic mass is 10.1. The Kier molecular flexibility index (Phi) is 4.33. The summed E-state index contributed by atoms with van der Waals surface area (Å²) in [6.07, 6.45) is 4.64. The number of aromatic nitrogens is 2. The normalized spacial score (nSPS) is 10.7. The van der Waals surface area contributed by atoms with Crippen LogP contribution in [-0.4, -0.2) is 28.8 Å². The van der Waals surface area contributed by atoms with E-state index >= 15 is 0 Å². The fourth-order valence-corrected chi connectivity index (χ4v) is 2.54. The van der Waals surface area contributed by atoms with E-state index in [2.05, 4.69) is 38.7 Å². The van der Waals surface area contributed by atoms with Gasteiger partial charge in [0.25, 0.3) is 0 Å². The van der Waals surface area contributed by atoms with E-state index in [0.29, 0.717) is 5.75 Å². The summed E-state index contributed by atoms with van der Waals surface area (Å²) in [7, 11) is 4.08. The molecule has 0 unspecified atom stereocenters. The molecular weight excluding hydrogens is 286 g/mol. The molecule has 0 bridgehead atoms. The zero-order chi connectivity index (χ0) is 16.2. The van der Waals surface area contributed by atoms with E-state index < -0.39 is 0 Å². The molecule has 0 atom stereocenters. The molecule has 0 spiro atoms. The van der Waals surface area contributed by atoms with Crippen LogP contribution in [0.15, 0.2) is 60.9 Å². The zero-order valence-electron chi connectivity index (χ0n) is 13.5. The first-order valence-corrected chi connectivity index (χ1v) is 7.66. The Morgan fingerprint density at radius 1 is 0.957 bits per heavy atom. The smallest absolute Gasteiger partial charge is 0.115 e. The lowest BCUT2D eigenvalue weighted by Crippen LogP contribution is -2.08. The van der Waals surface area contributed by atoms with Gasteiger partial charge in [-0.15, -0.1) is 0 Å². The molecule has 1 heterocycles. The van der Waals surface area contributed by atoms with Crippen molar-refractivity contribution in [3.05, 3.63) is 77.9 Å². The van der Waals surface area contributed by atoms with Gasteiger partial charge in [-0.05, 0) is 35.4 Å². The lowest BCUT2D eigenvalue weighted by Gasteiger charge is -2.13. The second-order valence-electron chi connectivity index (χ2n) is 5.88. The third-order valence-electron chi connectivity index (χ3n) is 3.91. The molecule has 0 aliphatic carbocycles. The third kappa shape index (κ3) is 3.72.